The van der Waals surface area contributed by atoms with E-state index in [9.17, 15) is 4.79 Å². The molecule has 0 heterocycles. The summed E-state index contributed by atoms with van der Waals surface area (Å²) in [6.45, 7) is 4.81. The van der Waals surface area contributed by atoms with Crippen molar-refractivity contribution in [2.45, 2.75) is 33.1 Å². The van der Waals surface area contributed by atoms with Crippen LogP contribution in [0.1, 0.15) is 38.7 Å². The molecule has 0 aliphatic carbocycles. The number of hydrogen-bond donors (Lipinski definition) is 0. The summed E-state index contributed by atoms with van der Waals surface area (Å²) in [6, 6.07) is 9.14. The van der Waals surface area contributed by atoms with E-state index in [2.05, 4.69) is 6.92 Å². The zero-order chi connectivity index (χ0) is 15.5. The van der Waals surface area contributed by atoms with Crippen molar-refractivity contribution in [2.24, 2.45) is 0 Å². The Morgan fingerprint density at radius 1 is 1.24 bits per heavy atom. The highest BCUT2D eigenvalue weighted by Crippen LogP contribution is 2.15. The summed E-state index contributed by atoms with van der Waals surface area (Å²) in [5, 5.41) is 8.96. The molecular formula is C17H21NO3. The standard InChI is InChI=1S/C17H21NO3/c1-3-5-6-11-21-16-9-7-14(8-10-16)12-15(13-18)17(19)20-4-2/h7-10,12H,3-6,11H2,1-2H3/b15-12+. The second-order valence-electron chi connectivity index (χ2n) is 4.51. The predicted octanol–water partition coefficient (Wildman–Crippen LogP) is 3.73. The molecule has 112 valence electrons. The number of nitrogens with zero attached hydrogens (tertiary/aromatic N) is 1. The first-order valence-corrected chi connectivity index (χ1v) is 7.23. The van der Waals surface area contributed by atoms with Crippen molar-refractivity contribution in [1.29, 1.82) is 5.26 Å². The van der Waals surface area contributed by atoms with Crippen molar-refractivity contribution < 1.29 is 14.3 Å². The first-order chi connectivity index (χ1) is 10.2. The van der Waals surface area contributed by atoms with Crippen molar-refractivity contribution in [3.8, 4) is 11.8 Å². The Morgan fingerprint density at radius 3 is 2.52 bits per heavy atom. The van der Waals surface area contributed by atoms with Crippen LogP contribution in [0, 0.1) is 11.3 Å². The number of rotatable bonds is 8. The molecule has 1 rings (SSSR count). The topological polar surface area (TPSA) is 59.3 Å². The Morgan fingerprint density at radius 2 is 1.95 bits per heavy atom. The fourth-order valence-electron chi connectivity index (χ4n) is 1.71. The molecule has 0 saturated carbocycles. The first kappa shape index (κ1) is 16.8. The number of hydrogen-bond acceptors (Lipinski definition) is 4. The molecule has 0 aliphatic rings. The van der Waals surface area contributed by atoms with Crippen LogP contribution in [0.25, 0.3) is 6.08 Å². The molecule has 0 N–H and O–H groups in total. The third kappa shape index (κ3) is 6.13. The van der Waals surface area contributed by atoms with Crippen molar-refractivity contribution in [2.75, 3.05) is 13.2 Å². The van der Waals surface area contributed by atoms with E-state index in [1.165, 1.54) is 6.08 Å². The average Bonchev–Trinajstić information content (AvgIpc) is 2.50. The van der Waals surface area contributed by atoms with Gasteiger partial charge in [0.1, 0.15) is 17.4 Å². The van der Waals surface area contributed by atoms with Gasteiger partial charge in [-0.25, -0.2) is 4.79 Å². The van der Waals surface area contributed by atoms with Gasteiger partial charge in [0.2, 0.25) is 0 Å². The summed E-state index contributed by atoms with van der Waals surface area (Å²) in [5.41, 5.74) is 0.758. The molecule has 1 aromatic rings. The van der Waals surface area contributed by atoms with Crippen molar-refractivity contribution in [3.05, 3.63) is 35.4 Å². The molecule has 21 heavy (non-hydrogen) atoms. The van der Waals surface area contributed by atoms with Gasteiger partial charge in [-0.05, 0) is 37.1 Å². The summed E-state index contributed by atoms with van der Waals surface area (Å²) >= 11 is 0. The summed E-state index contributed by atoms with van der Waals surface area (Å²) in [7, 11) is 0. The molecule has 0 aromatic heterocycles. The Bertz CT molecular complexity index is 512. The van der Waals surface area contributed by atoms with Crippen LogP contribution < -0.4 is 4.74 Å². The van der Waals surface area contributed by atoms with Gasteiger partial charge in [-0.3, -0.25) is 0 Å². The molecule has 0 fully saturated rings. The van der Waals surface area contributed by atoms with Crippen LogP contribution in [-0.4, -0.2) is 19.2 Å². The first-order valence-electron chi connectivity index (χ1n) is 7.23. The van der Waals surface area contributed by atoms with Gasteiger partial charge >= 0.3 is 5.97 Å². The maximum atomic E-state index is 11.5. The van der Waals surface area contributed by atoms with Crippen molar-refractivity contribution >= 4 is 12.0 Å². The number of esters is 1. The van der Waals surface area contributed by atoms with Gasteiger partial charge in [0.25, 0.3) is 0 Å². The van der Waals surface area contributed by atoms with Gasteiger partial charge in [-0.1, -0.05) is 31.9 Å². The highest BCUT2D eigenvalue weighted by atomic mass is 16.5. The third-order valence-electron chi connectivity index (χ3n) is 2.82. The predicted molar refractivity (Wildman–Crippen MR) is 81.7 cm³/mol. The van der Waals surface area contributed by atoms with Crippen molar-refractivity contribution in [1.82, 2.24) is 0 Å². The van der Waals surface area contributed by atoms with Gasteiger partial charge in [0, 0.05) is 0 Å². The fourth-order valence-corrected chi connectivity index (χ4v) is 1.71. The quantitative estimate of drug-likeness (QED) is 0.316. The minimum Gasteiger partial charge on any atom is -0.494 e. The molecule has 1 aromatic carbocycles. The number of unbranched alkanes of at least 4 members (excludes halogenated alkanes) is 2. The Labute approximate surface area is 126 Å². The SMILES string of the molecule is CCCCCOc1ccc(/C=C(\C#N)C(=O)OCC)cc1. The van der Waals surface area contributed by atoms with Crippen LogP contribution in [0.15, 0.2) is 29.8 Å². The molecule has 0 unspecified atom stereocenters. The van der Waals surface area contributed by atoms with E-state index in [0.717, 1.165) is 30.6 Å². The van der Waals surface area contributed by atoms with Gasteiger partial charge in [0.05, 0.1) is 13.2 Å². The second kappa shape index (κ2) is 9.60. The van der Waals surface area contributed by atoms with E-state index in [-0.39, 0.29) is 12.2 Å². The number of benzene rings is 1. The smallest absolute Gasteiger partial charge is 0.348 e. The molecule has 0 aliphatic heterocycles. The number of carbonyl (C=O) groups is 1. The molecular weight excluding hydrogens is 266 g/mol. The summed E-state index contributed by atoms with van der Waals surface area (Å²) in [6.07, 6.45) is 4.88. The van der Waals surface area contributed by atoms with E-state index in [0.29, 0.717) is 6.61 Å². The molecule has 0 bridgehead atoms. The molecule has 0 radical (unpaired) electrons. The van der Waals surface area contributed by atoms with Crippen LogP contribution in [0.3, 0.4) is 0 Å². The maximum Gasteiger partial charge on any atom is 0.348 e. The summed E-state index contributed by atoms with van der Waals surface area (Å²) in [4.78, 5) is 11.5. The average molecular weight is 287 g/mol. The molecule has 0 spiro atoms. The van der Waals surface area contributed by atoms with E-state index in [4.69, 9.17) is 14.7 Å². The van der Waals surface area contributed by atoms with Crippen LogP contribution in [0.5, 0.6) is 5.75 Å². The molecule has 4 nitrogen and oxygen atoms in total. The molecule has 0 saturated heterocycles. The normalized spacial score (nSPS) is 10.8. The van der Waals surface area contributed by atoms with Gasteiger partial charge in [-0.15, -0.1) is 0 Å². The fraction of sp³-hybridized carbons (Fsp3) is 0.412. The van der Waals surface area contributed by atoms with E-state index in [1.54, 1.807) is 6.92 Å². The maximum absolute atomic E-state index is 11.5. The zero-order valence-corrected chi connectivity index (χ0v) is 12.6. The molecule has 0 atom stereocenters. The number of ether oxygens (including phenoxy) is 2. The minimum absolute atomic E-state index is 0.00605. The lowest BCUT2D eigenvalue weighted by Gasteiger charge is -2.06. The lowest BCUT2D eigenvalue weighted by Crippen LogP contribution is -2.05. The van der Waals surface area contributed by atoms with E-state index >= 15 is 0 Å². The van der Waals surface area contributed by atoms with Crippen LogP contribution in [-0.2, 0) is 9.53 Å². The number of nitriles is 1. The monoisotopic (exact) mass is 287 g/mol. The van der Waals surface area contributed by atoms with Gasteiger partial charge < -0.3 is 9.47 Å². The Hall–Kier alpha value is -2.28. The van der Waals surface area contributed by atoms with Crippen molar-refractivity contribution in [3.63, 3.8) is 0 Å². The lowest BCUT2D eigenvalue weighted by atomic mass is 10.1. The number of carbonyl (C=O) groups excluding carboxylic acids is 1. The molecule has 0 amide bonds. The van der Waals surface area contributed by atoms with Gasteiger partial charge in [0.15, 0.2) is 0 Å². The van der Waals surface area contributed by atoms with E-state index in [1.807, 2.05) is 30.3 Å². The summed E-state index contributed by atoms with van der Waals surface area (Å²) < 4.78 is 10.4. The van der Waals surface area contributed by atoms with Crippen LogP contribution in [0.2, 0.25) is 0 Å². The second-order valence-corrected chi connectivity index (χ2v) is 4.51. The Balaban J connectivity index is 2.64. The highest BCUT2D eigenvalue weighted by molar-refractivity contribution is 5.97. The third-order valence-corrected chi connectivity index (χ3v) is 2.82. The molecule has 4 heteroatoms. The Kier molecular flexibility index (Phi) is 7.67. The zero-order valence-electron chi connectivity index (χ0n) is 12.6. The largest absolute Gasteiger partial charge is 0.494 e. The highest BCUT2D eigenvalue weighted by Gasteiger charge is 2.09. The summed E-state index contributed by atoms with van der Waals surface area (Å²) in [5.74, 6) is 0.192. The van der Waals surface area contributed by atoms with Gasteiger partial charge in [-0.2, -0.15) is 5.26 Å². The lowest BCUT2D eigenvalue weighted by molar-refractivity contribution is -0.137. The minimum atomic E-state index is -0.597. The van der Waals surface area contributed by atoms with E-state index < -0.39 is 5.97 Å². The van der Waals surface area contributed by atoms with Crippen LogP contribution in [0.4, 0.5) is 0 Å². The van der Waals surface area contributed by atoms with Crippen LogP contribution >= 0.6 is 0 Å².